The van der Waals surface area contributed by atoms with Gasteiger partial charge in [-0.1, -0.05) is 13.8 Å². The molecule has 0 radical (unpaired) electrons. The average molecular weight is 267 g/mol. The summed E-state index contributed by atoms with van der Waals surface area (Å²) < 4.78 is 10.7. The van der Waals surface area contributed by atoms with Crippen LogP contribution in [0.1, 0.15) is 43.3 Å². The molecule has 0 saturated carbocycles. The maximum absolute atomic E-state index is 12.0. The number of hydrogen-bond acceptors (Lipinski definition) is 6. The summed E-state index contributed by atoms with van der Waals surface area (Å²) in [4.78, 5) is 12.0. The van der Waals surface area contributed by atoms with Crippen molar-refractivity contribution in [2.24, 2.45) is 17.6 Å². The first kappa shape index (κ1) is 14.1. The van der Waals surface area contributed by atoms with Gasteiger partial charge >= 0.3 is 0 Å². The van der Waals surface area contributed by atoms with E-state index in [-0.39, 0.29) is 17.6 Å². The molecule has 2 N–H and O–H groups in total. The van der Waals surface area contributed by atoms with Crippen LogP contribution in [0, 0.1) is 11.8 Å². The first-order chi connectivity index (χ1) is 9.08. The molecule has 1 aliphatic rings. The van der Waals surface area contributed by atoms with Crippen LogP contribution in [-0.2, 0) is 11.2 Å². The second kappa shape index (κ2) is 6.25. The van der Waals surface area contributed by atoms with Gasteiger partial charge in [0, 0.05) is 19.6 Å². The summed E-state index contributed by atoms with van der Waals surface area (Å²) in [7, 11) is 0. The minimum absolute atomic E-state index is 0.0308. The molecule has 2 heterocycles. The van der Waals surface area contributed by atoms with Crippen LogP contribution < -0.4 is 5.73 Å². The van der Waals surface area contributed by atoms with E-state index in [1.54, 1.807) is 0 Å². The van der Waals surface area contributed by atoms with Crippen LogP contribution in [0.4, 0.5) is 0 Å². The first-order valence-electron chi connectivity index (χ1n) is 6.78. The van der Waals surface area contributed by atoms with Gasteiger partial charge in [-0.25, -0.2) is 0 Å². The van der Waals surface area contributed by atoms with Crippen molar-refractivity contribution < 1.29 is 13.9 Å². The Morgan fingerprint density at radius 3 is 2.68 bits per heavy atom. The molecule has 0 spiro atoms. The minimum Gasteiger partial charge on any atom is -0.418 e. The fourth-order valence-corrected chi connectivity index (χ4v) is 2.08. The van der Waals surface area contributed by atoms with E-state index in [1.807, 2.05) is 13.8 Å². The van der Waals surface area contributed by atoms with Crippen molar-refractivity contribution >= 4 is 5.78 Å². The normalized spacial score (nSPS) is 18.7. The molecule has 0 aliphatic carbocycles. The highest BCUT2D eigenvalue weighted by atomic mass is 16.5. The van der Waals surface area contributed by atoms with Crippen molar-refractivity contribution in [3.63, 3.8) is 0 Å². The van der Waals surface area contributed by atoms with Crippen molar-refractivity contribution in [2.45, 2.75) is 39.2 Å². The Labute approximate surface area is 112 Å². The van der Waals surface area contributed by atoms with E-state index < -0.39 is 6.04 Å². The largest absolute Gasteiger partial charge is 0.418 e. The number of hydrogen-bond donors (Lipinski definition) is 1. The molecule has 1 aliphatic heterocycles. The fourth-order valence-electron chi connectivity index (χ4n) is 2.08. The van der Waals surface area contributed by atoms with Gasteiger partial charge in [-0.15, -0.1) is 10.2 Å². The molecule has 1 fully saturated rings. The van der Waals surface area contributed by atoms with Gasteiger partial charge in [-0.05, 0) is 24.7 Å². The minimum atomic E-state index is -0.587. The van der Waals surface area contributed by atoms with Crippen LogP contribution in [0.3, 0.4) is 0 Å². The molecule has 1 saturated heterocycles. The summed E-state index contributed by atoms with van der Waals surface area (Å²) in [5.41, 5.74) is 5.79. The zero-order valence-corrected chi connectivity index (χ0v) is 11.5. The highest BCUT2D eigenvalue weighted by Gasteiger charge is 2.25. The monoisotopic (exact) mass is 267 g/mol. The van der Waals surface area contributed by atoms with Crippen molar-refractivity contribution in [2.75, 3.05) is 13.2 Å². The number of carbonyl (C=O) groups excluding carboxylic acids is 1. The molecule has 1 aromatic rings. The van der Waals surface area contributed by atoms with Crippen molar-refractivity contribution in [3.8, 4) is 0 Å². The van der Waals surface area contributed by atoms with E-state index in [0.29, 0.717) is 18.2 Å². The number of nitrogens with two attached hydrogens (primary N) is 1. The van der Waals surface area contributed by atoms with Gasteiger partial charge in [-0.3, -0.25) is 4.79 Å². The molecule has 2 rings (SSSR count). The Morgan fingerprint density at radius 2 is 2.05 bits per heavy atom. The number of nitrogens with zero attached hydrogens (tertiary/aromatic N) is 2. The van der Waals surface area contributed by atoms with Gasteiger partial charge in [-0.2, -0.15) is 0 Å². The Balaban J connectivity index is 1.96. The summed E-state index contributed by atoms with van der Waals surface area (Å²) in [6.45, 7) is 5.34. The summed E-state index contributed by atoms with van der Waals surface area (Å²) >= 11 is 0. The first-order valence-corrected chi connectivity index (χ1v) is 6.78. The van der Waals surface area contributed by atoms with Crippen LogP contribution in [0.5, 0.6) is 0 Å². The van der Waals surface area contributed by atoms with Crippen LogP contribution in [0.25, 0.3) is 0 Å². The van der Waals surface area contributed by atoms with E-state index in [1.165, 1.54) is 0 Å². The molecule has 6 heteroatoms. The predicted octanol–water partition coefficient (Wildman–Crippen LogP) is 1.20. The van der Waals surface area contributed by atoms with Crippen molar-refractivity contribution in [1.29, 1.82) is 0 Å². The number of aromatic nitrogens is 2. The molecule has 1 aromatic heterocycles. The second-order valence-corrected chi connectivity index (χ2v) is 5.39. The third kappa shape index (κ3) is 3.61. The Kier molecular flexibility index (Phi) is 4.66. The zero-order chi connectivity index (χ0) is 13.8. The molecule has 1 unspecified atom stereocenters. The molecule has 0 amide bonds. The van der Waals surface area contributed by atoms with Crippen molar-refractivity contribution in [1.82, 2.24) is 10.2 Å². The van der Waals surface area contributed by atoms with E-state index in [9.17, 15) is 4.79 Å². The highest BCUT2D eigenvalue weighted by Crippen LogP contribution is 2.19. The van der Waals surface area contributed by atoms with Crippen LogP contribution in [-0.4, -0.2) is 35.2 Å². The summed E-state index contributed by atoms with van der Waals surface area (Å²) in [6.07, 6.45) is 2.70. The maximum atomic E-state index is 12.0. The number of rotatable bonds is 5. The molecule has 0 aromatic carbocycles. The Hall–Kier alpha value is -1.27. The lowest BCUT2D eigenvalue weighted by atomic mass is 9.97. The third-order valence-electron chi connectivity index (χ3n) is 3.50. The van der Waals surface area contributed by atoms with E-state index >= 15 is 0 Å². The quantitative estimate of drug-likeness (QED) is 0.806. The SMILES string of the molecule is CC(C)C(N)C(=O)c1nnc(CC2CCOCC2)o1. The van der Waals surface area contributed by atoms with E-state index in [0.717, 1.165) is 26.1 Å². The highest BCUT2D eigenvalue weighted by molar-refractivity contribution is 5.95. The number of carbonyl (C=O) groups is 1. The van der Waals surface area contributed by atoms with Crippen LogP contribution in [0.15, 0.2) is 4.42 Å². The zero-order valence-electron chi connectivity index (χ0n) is 11.5. The lowest BCUT2D eigenvalue weighted by Crippen LogP contribution is -2.35. The summed E-state index contributed by atoms with van der Waals surface area (Å²) in [5, 5.41) is 7.75. The van der Waals surface area contributed by atoms with Crippen molar-refractivity contribution in [3.05, 3.63) is 11.8 Å². The second-order valence-electron chi connectivity index (χ2n) is 5.39. The maximum Gasteiger partial charge on any atom is 0.285 e. The molecular weight excluding hydrogens is 246 g/mol. The molecule has 19 heavy (non-hydrogen) atoms. The van der Waals surface area contributed by atoms with Gasteiger partial charge in [0.25, 0.3) is 5.89 Å². The Morgan fingerprint density at radius 1 is 1.37 bits per heavy atom. The molecular formula is C13H21N3O3. The van der Waals surface area contributed by atoms with E-state index in [2.05, 4.69) is 10.2 Å². The molecule has 6 nitrogen and oxygen atoms in total. The van der Waals surface area contributed by atoms with Gasteiger partial charge in [0.15, 0.2) is 0 Å². The number of ketones is 1. The number of ether oxygens (including phenoxy) is 1. The fraction of sp³-hybridized carbons (Fsp3) is 0.769. The standard InChI is InChI=1S/C13H21N3O3/c1-8(2)11(14)12(17)13-16-15-10(19-13)7-9-3-5-18-6-4-9/h8-9,11H,3-7,14H2,1-2H3. The lowest BCUT2D eigenvalue weighted by molar-refractivity contribution is 0.0644. The smallest absolute Gasteiger partial charge is 0.285 e. The van der Waals surface area contributed by atoms with Crippen LogP contribution in [0.2, 0.25) is 0 Å². The Bertz CT molecular complexity index is 425. The average Bonchev–Trinajstić information content (AvgIpc) is 2.86. The third-order valence-corrected chi connectivity index (χ3v) is 3.50. The van der Waals surface area contributed by atoms with Gasteiger partial charge < -0.3 is 14.9 Å². The van der Waals surface area contributed by atoms with E-state index in [4.69, 9.17) is 14.9 Å². The number of Topliss-reactive ketones (excluding diaryl/α,β-unsaturated/α-hetero) is 1. The summed E-state index contributed by atoms with van der Waals surface area (Å²) in [5.74, 6) is 0.824. The van der Waals surface area contributed by atoms with Gasteiger partial charge in [0.1, 0.15) is 0 Å². The molecule has 1 atom stereocenters. The predicted molar refractivity (Wildman–Crippen MR) is 68.7 cm³/mol. The van der Waals surface area contributed by atoms with Crippen LogP contribution >= 0.6 is 0 Å². The molecule has 0 bridgehead atoms. The topological polar surface area (TPSA) is 91.2 Å². The lowest BCUT2D eigenvalue weighted by Gasteiger charge is -2.20. The summed E-state index contributed by atoms with van der Waals surface area (Å²) in [6, 6.07) is -0.587. The van der Waals surface area contributed by atoms with Gasteiger partial charge in [0.05, 0.1) is 6.04 Å². The van der Waals surface area contributed by atoms with Gasteiger partial charge in [0.2, 0.25) is 11.7 Å². The molecule has 106 valence electrons.